The van der Waals surface area contributed by atoms with Crippen molar-refractivity contribution in [2.75, 3.05) is 18.1 Å². The van der Waals surface area contributed by atoms with Gasteiger partial charge in [0.2, 0.25) is 5.91 Å². The van der Waals surface area contributed by atoms with Gasteiger partial charge in [-0.2, -0.15) is 0 Å². The number of aliphatic hydroxyl groups is 4. The number of benzene rings is 1. The van der Waals surface area contributed by atoms with E-state index in [1.54, 1.807) is 6.07 Å². The highest BCUT2D eigenvalue weighted by Gasteiger charge is 2.31. The van der Waals surface area contributed by atoms with E-state index in [-0.39, 0.29) is 11.9 Å². The summed E-state index contributed by atoms with van der Waals surface area (Å²) in [5.74, 6) is -0.446. The summed E-state index contributed by atoms with van der Waals surface area (Å²) in [5.41, 5.74) is 2.28. The quantitative estimate of drug-likeness (QED) is 0.187. The molecule has 1 aliphatic rings. The maximum Gasteiger partial charge on any atom is 0.348 e. The third-order valence-corrected chi connectivity index (χ3v) is 8.17. The Morgan fingerprint density at radius 1 is 1.03 bits per heavy atom. The van der Waals surface area contributed by atoms with Crippen LogP contribution in [-0.4, -0.2) is 69.9 Å². The molecule has 1 saturated heterocycles. The molecule has 0 saturated carbocycles. The van der Waals surface area contributed by atoms with E-state index in [1.165, 1.54) is 42.6 Å². The van der Waals surface area contributed by atoms with Gasteiger partial charge in [-0.05, 0) is 68.4 Å². The number of thiophene rings is 1. The molecular formula is C29H41NO7S. The van der Waals surface area contributed by atoms with Crippen LogP contribution in [0.4, 0.5) is 5.69 Å². The van der Waals surface area contributed by atoms with Crippen LogP contribution >= 0.6 is 11.3 Å². The third-order valence-electron chi connectivity index (χ3n) is 7.04. The van der Waals surface area contributed by atoms with Gasteiger partial charge in [0.25, 0.3) is 0 Å². The molecule has 2 aromatic rings. The van der Waals surface area contributed by atoms with Gasteiger partial charge in [0.05, 0.1) is 6.61 Å². The fourth-order valence-corrected chi connectivity index (χ4v) is 5.72. The van der Waals surface area contributed by atoms with Gasteiger partial charge in [-0.15, -0.1) is 11.3 Å². The van der Waals surface area contributed by atoms with Crippen LogP contribution in [0, 0.1) is 0 Å². The van der Waals surface area contributed by atoms with E-state index in [9.17, 15) is 24.9 Å². The highest BCUT2D eigenvalue weighted by Crippen LogP contribution is 2.30. The summed E-state index contributed by atoms with van der Waals surface area (Å²) in [6, 6.07) is 12.1. The van der Waals surface area contributed by atoms with Gasteiger partial charge in [-0.1, -0.05) is 38.3 Å². The zero-order chi connectivity index (χ0) is 27.5. The van der Waals surface area contributed by atoms with Crippen molar-refractivity contribution in [3.63, 3.8) is 0 Å². The first kappa shape index (κ1) is 30.2. The molecule has 0 spiro atoms. The lowest BCUT2D eigenvalue weighted by atomic mass is 10.0. The maximum absolute atomic E-state index is 12.6. The molecule has 4 atom stereocenters. The molecule has 1 amide bonds. The molecule has 8 nitrogen and oxygen atoms in total. The molecule has 0 unspecified atom stereocenters. The van der Waals surface area contributed by atoms with Gasteiger partial charge >= 0.3 is 5.97 Å². The minimum absolute atomic E-state index is 0.171. The summed E-state index contributed by atoms with van der Waals surface area (Å²) in [6.07, 6.45) is 5.34. The van der Waals surface area contributed by atoms with Crippen molar-refractivity contribution in [3.8, 4) is 0 Å². The van der Waals surface area contributed by atoms with E-state index in [2.05, 4.69) is 31.2 Å². The van der Waals surface area contributed by atoms with Crippen LogP contribution in [0.1, 0.15) is 78.4 Å². The Labute approximate surface area is 228 Å². The smallest absolute Gasteiger partial charge is 0.348 e. The van der Waals surface area contributed by atoms with Gasteiger partial charge < -0.3 is 30.1 Å². The molecule has 1 aliphatic heterocycles. The number of aryl methyl sites for hydroxylation is 2. The fourth-order valence-electron chi connectivity index (χ4n) is 4.78. The number of rotatable bonds is 16. The molecule has 2 heterocycles. The number of esters is 1. The average Bonchev–Trinajstić information content (AvgIpc) is 3.55. The molecular weight excluding hydrogens is 506 g/mol. The number of anilines is 1. The van der Waals surface area contributed by atoms with E-state index in [0.717, 1.165) is 42.7 Å². The van der Waals surface area contributed by atoms with Crippen molar-refractivity contribution in [2.24, 2.45) is 0 Å². The molecule has 1 fully saturated rings. The van der Waals surface area contributed by atoms with Crippen LogP contribution < -0.4 is 4.90 Å². The van der Waals surface area contributed by atoms with Gasteiger partial charge in [-0.25, -0.2) is 4.79 Å². The molecule has 210 valence electrons. The van der Waals surface area contributed by atoms with Crippen molar-refractivity contribution >= 4 is 28.9 Å². The highest BCUT2D eigenvalue weighted by molar-refractivity contribution is 7.13. The Morgan fingerprint density at radius 2 is 1.79 bits per heavy atom. The Bertz CT molecular complexity index is 1010. The number of ether oxygens (including phenoxy) is 1. The number of carbonyl (C=O) groups is 2. The number of carbonyl (C=O) groups excluding carboxylic acids is 2. The van der Waals surface area contributed by atoms with Crippen molar-refractivity contribution in [1.29, 1.82) is 0 Å². The van der Waals surface area contributed by atoms with E-state index in [1.807, 2.05) is 11.0 Å². The predicted octanol–water partition coefficient (Wildman–Crippen LogP) is 3.62. The minimum atomic E-state index is -1.61. The van der Waals surface area contributed by atoms with Crippen LogP contribution in [0.2, 0.25) is 0 Å². The second-order valence-electron chi connectivity index (χ2n) is 10.00. The fraction of sp³-hybridized carbons (Fsp3) is 0.586. The van der Waals surface area contributed by atoms with Crippen molar-refractivity contribution in [3.05, 3.63) is 51.7 Å². The Kier molecular flexibility index (Phi) is 12.2. The molecule has 9 heteroatoms. The summed E-state index contributed by atoms with van der Waals surface area (Å²) in [4.78, 5) is 28.3. The zero-order valence-electron chi connectivity index (χ0n) is 22.1. The number of nitrogens with zero attached hydrogens (tertiary/aromatic N) is 1. The second-order valence-corrected chi connectivity index (χ2v) is 11.2. The van der Waals surface area contributed by atoms with Crippen LogP contribution in [-0.2, 0) is 22.4 Å². The van der Waals surface area contributed by atoms with Gasteiger partial charge in [0, 0.05) is 23.0 Å². The summed E-state index contributed by atoms with van der Waals surface area (Å²) < 4.78 is 5.04. The van der Waals surface area contributed by atoms with Gasteiger partial charge in [0.15, 0.2) is 0 Å². The van der Waals surface area contributed by atoms with Crippen LogP contribution in [0.25, 0.3) is 0 Å². The third kappa shape index (κ3) is 8.61. The monoisotopic (exact) mass is 547 g/mol. The summed E-state index contributed by atoms with van der Waals surface area (Å²) in [6.45, 7) is 1.01. The molecule has 1 aromatic carbocycles. The van der Waals surface area contributed by atoms with Crippen LogP contribution in [0.5, 0.6) is 0 Å². The zero-order valence-corrected chi connectivity index (χ0v) is 22.9. The van der Waals surface area contributed by atoms with Crippen LogP contribution in [0.3, 0.4) is 0 Å². The molecule has 4 N–H and O–H groups in total. The normalized spacial score (nSPS) is 18.0. The number of amides is 1. The maximum atomic E-state index is 12.6. The first-order valence-corrected chi connectivity index (χ1v) is 14.5. The van der Waals surface area contributed by atoms with Gasteiger partial charge in [-0.3, -0.25) is 4.79 Å². The van der Waals surface area contributed by atoms with E-state index in [4.69, 9.17) is 9.84 Å². The van der Waals surface area contributed by atoms with Crippen molar-refractivity contribution in [2.45, 2.75) is 95.5 Å². The molecule has 1 aromatic heterocycles. The standard InChI is InChI=1S/C29H41NO7S/c1-2-3-4-5-7-20-10-12-22(13-11-20)30-21(14-17-27(30)34)8-6-9-23-15-16-26(38-23)29(36)37-19-25(33)28(35)24(32)18-31/h10-13,15-16,21,24-25,28,31-33,35H,2-9,14,17-19H2,1H3/t21-,24-,25-,28-/m0/s1. The Hall–Kier alpha value is -2.30. The molecule has 0 bridgehead atoms. The first-order chi connectivity index (χ1) is 18.3. The summed E-state index contributed by atoms with van der Waals surface area (Å²) in [7, 11) is 0. The molecule has 0 radical (unpaired) electrons. The first-order valence-electron chi connectivity index (χ1n) is 13.7. The van der Waals surface area contributed by atoms with E-state index in [0.29, 0.717) is 11.3 Å². The summed E-state index contributed by atoms with van der Waals surface area (Å²) in [5, 5.41) is 37.7. The lowest BCUT2D eigenvalue weighted by Crippen LogP contribution is -2.42. The Morgan fingerprint density at radius 3 is 2.50 bits per heavy atom. The average molecular weight is 548 g/mol. The number of hydrogen-bond acceptors (Lipinski definition) is 8. The Balaban J connectivity index is 1.45. The van der Waals surface area contributed by atoms with Crippen molar-refractivity contribution < 1.29 is 34.8 Å². The lowest BCUT2D eigenvalue weighted by molar-refractivity contribution is -0.117. The second kappa shape index (κ2) is 15.3. The number of hydrogen-bond donors (Lipinski definition) is 4. The van der Waals surface area contributed by atoms with E-state index < -0.39 is 37.5 Å². The minimum Gasteiger partial charge on any atom is -0.459 e. The van der Waals surface area contributed by atoms with Crippen LogP contribution in [0.15, 0.2) is 36.4 Å². The summed E-state index contributed by atoms with van der Waals surface area (Å²) >= 11 is 1.31. The van der Waals surface area contributed by atoms with Crippen molar-refractivity contribution in [1.82, 2.24) is 0 Å². The number of aliphatic hydroxyl groups excluding tert-OH is 4. The van der Waals surface area contributed by atoms with Gasteiger partial charge in [0.1, 0.15) is 29.8 Å². The predicted molar refractivity (Wildman–Crippen MR) is 147 cm³/mol. The molecule has 3 rings (SSSR count). The molecule has 0 aliphatic carbocycles. The highest BCUT2D eigenvalue weighted by atomic mass is 32.1. The van der Waals surface area contributed by atoms with E-state index >= 15 is 0 Å². The SMILES string of the molecule is CCCCCCc1ccc(N2C(=O)CC[C@@H]2CCCc2ccc(C(=O)OC[C@H](O)[C@@H](O)[C@@H](O)CO)s2)cc1. The number of unbranched alkanes of at least 4 members (excludes halogenated alkanes) is 3. The largest absolute Gasteiger partial charge is 0.459 e. The lowest BCUT2D eigenvalue weighted by Gasteiger charge is -2.25. The molecule has 38 heavy (non-hydrogen) atoms. The topological polar surface area (TPSA) is 128 Å².